The maximum absolute atomic E-state index is 9.69. The predicted octanol–water partition coefficient (Wildman–Crippen LogP) is 2.11. The lowest BCUT2D eigenvalue weighted by molar-refractivity contribution is 0.0280. The Hall–Kier alpha value is -0.340. The highest BCUT2D eigenvalue weighted by Gasteiger charge is 2.22. The number of rotatable bonds is 6. The largest absolute Gasteiger partial charge is 0.393 e. The van der Waals surface area contributed by atoms with Crippen molar-refractivity contribution < 1.29 is 10.2 Å². The van der Waals surface area contributed by atoms with Crippen LogP contribution in [0.25, 0.3) is 0 Å². The second kappa shape index (κ2) is 7.10. The van der Waals surface area contributed by atoms with Gasteiger partial charge in [-0.15, -0.1) is 0 Å². The molecule has 0 rings (SSSR count). The lowest BCUT2D eigenvalue weighted by Crippen LogP contribution is -2.30. The summed E-state index contributed by atoms with van der Waals surface area (Å²) in [5.41, 5.74) is 0. The smallest absolute Gasteiger partial charge is 0.0773 e. The molecule has 0 radical (unpaired) electrons. The molecule has 3 unspecified atom stereocenters. The molecule has 78 valence electrons. The fraction of sp³-hybridized carbons (Fsp3) is 0.818. The van der Waals surface area contributed by atoms with Crippen LogP contribution >= 0.6 is 0 Å². The molecule has 0 saturated heterocycles. The molecule has 13 heavy (non-hydrogen) atoms. The molecule has 2 N–H and O–H groups in total. The molecule has 3 atom stereocenters. The first kappa shape index (κ1) is 12.7. The molecule has 0 aliphatic carbocycles. The highest BCUT2D eigenvalue weighted by Crippen LogP contribution is 2.19. The number of allylic oxidation sites excluding steroid dienone is 1. The first-order chi connectivity index (χ1) is 6.17. The highest BCUT2D eigenvalue weighted by molar-refractivity contribution is 4.91. The third kappa shape index (κ3) is 4.44. The van der Waals surface area contributed by atoms with E-state index in [-0.39, 0.29) is 12.0 Å². The molecule has 0 bridgehead atoms. The van der Waals surface area contributed by atoms with Gasteiger partial charge >= 0.3 is 0 Å². The summed E-state index contributed by atoms with van der Waals surface area (Å²) in [6.45, 7) is 5.89. The molecule has 0 aromatic rings. The van der Waals surface area contributed by atoms with Gasteiger partial charge in [-0.3, -0.25) is 0 Å². The van der Waals surface area contributed by atoms with E-state index in [0.717, 1.165) is 12.8 Å². The normalized spacial score (nSPS) is 18.8. The summed E-state index contributed by atoms with van der Waals surface area (Å²) < 4.78 is 0. The Kier molecular flexibility index (Phi) is 6.92. The van der Waals surface area contributed by atoms with Gasteiger partial charge in [-0.1, -0.05) is 32.4 Å². The van der Waals surface area contributed by atoms with Gasteiger partial charge < -0.3 is 10.2 Å². The minimum absolute atomic E-state index is 0.00815. The molecule has 0 aromatic carbocycles. The molecule has 2 heteroatoms. The minimum atomic E-state index is -0.500. The number of hydrogen-bond donors (Lipinski definition) is 2. The molecule has 0 spiro atoms. The zero-order valence-corrected chi connectivity index (χ0v) is 8.90. The average Bonchev–Trinajstić information content (AvgIpc) is 2.13. The van der Waals surface area contributed by atoms with Crippen molar-refractivity contribution in [2.45, 2.75) is 52.2 Å². The quantitative estimate of drug-likeness (QED) is 0.624. The van der Waals surface area contributed by atoms with Gasteiger partial charge in [0, 0.05) is 5.92 Å². The third-order valence-corrected chi connectivity index (χ3v) is 2.36. The maximum atomic E-state index is 9.69. The second-order valence-electron chi connectivity index (χ2n) is 3.44. The molecule has 0 aromatic heterocycles. The van der Waals surface area contributed by atoms with Gasteiger partial charge in [-0.05, 0) is 19.8 Å². The van der Waals surface area contributed by atoms with Crippen LogP contribution in [-0.4, -0.2) is 22.4 Å². The molecule has 0 amide bonds. The standard InChI is InChI=1S/C11H22O2/c1-4-7-9(10(12)6-3)11(13)8-5-2/h5,8-13H,4,6-7H2,1-3H3/b8-5+. The zero-order valence-electron chi connectivity index (χ0n) is 8.90. The van der Waals surface area contributed by atoms with Crippen LogP contribution in [0, 0.1) is 5.92 Å². The van der Waals surface area contributed by atoms with Crippen molar-refractivity contribution in [2.24, 2.45) is 5.92 Å². The predicted molar refractivity (Wildman–Crippen MR) is 55.5 cm³/mol. The summed E-state index contributed by atoms with van der Waals surface area (Å²) in [6.07, 6.45) is 5.27. The van der Waals surface area contributed by atoms with E-state index < -0.39 is 6.10 Å². The Morgan fingerprint density at radius 1 is 1.23 bits per heavy atom. The van der Waals surface area contributed by atoms with Crippen molar-refractivity contribution in [3.63, 3.8) is 0 Å². The molecule has 0 fully saturated rings. The van der Waals surface area contributed by atoms with Crippen LogP contribution in [0.2, 0.25) is 0 Å². The van der Waals surface area contributed by atoms with Gasteiger partial charge in [0.2, 0.25) is 0 Å². The number of hydrogen-bond acceptors (Lipinski definition) is 2. The van der Waals surface area contributed by atoms with Crippen LogP contribution in [0.5, 0.6) is 0 Å². The lowest BCUT2D eigenvalue weighted by atomic mass is 9.89. The van der Waals surface area contributed by atoms with Crippen LogP contribution in [0.15, 0.2) is 12.2 Å². The Morgan fingerprint density at radius 2 is 1.85 bits per heavy atom. The SMILES string of the molecule is C/C=C/C(O)C(CCC)C(O)CC. The first-order valence-corrected chi connectivity index (χ1v) is 5.16. The van der Waals surface area contributed by atoms with Crippen molar-refractivity contribution in [2.75, 3.05) is 0 Å². The van der Waals surface area contributed by atoms with Crippen LogP contribution in [0.3, 0.4) is 0 Å². The van der Waals surface area contributed by atoms with E-state index in [0.29, 0.717) is 6.42 Å². The van der Waals surface area contributed by atoms with Gasteiger partial charge in [0.05, 0.1) is 12.2 Å². The molecule has 0 aliphatic rings. The molecule has 0 aliphatic heterocycles. The maximum Gasteiger partial charge on any atom is 0.0773 e. The molecular formula is C11H22O2. The summed E-state index contributed by atoms with van der Waals surface area (Å²) in [7, 11) is 0. The van der Waals surface area contributed by atoms with Crippen molar-refractivity contribution in [1.82, 2.24) is 0 Å². The van der Waals surface area contributed by atoms with Crippen LogP contribution < -0.4 is 0 Å². The van der Waals surface area contributed by atoms with Gasteiger partial charge in [-0.25, -0.2) is 0 Å². The number of aliphatic hydroxyl groups is 2. The minimum Gasteiger partial charge on any atom is -0.393 e. The van der Waals surface area contributed by atoms with E-state index in [2.05, 4.69) is 6.92 Å². The summed E-state index contributed by atoms with van der Waals surface area (Å²) in [5, 5.41) is 19.3. The van der Waals surface area contributed by atoms with Gasteiger partial charge in [0.25, 0.3) is 0 Å². The van der Waals surface area contributed by atoms with E-state index in [4.69, 9.17) is 0 Å². The van der Waals surface area contributed by atoms with E-state index in [9.17, 15) is 10.2 Å². The van der Waals surface area contributed by atoms with Crippen LogP contribution in [-0.2, 0) is 0 Å². The van der Waals surface area contributed by atoms with Crippen LogP contribution in [0.4, 0.5) is 0 Å². The monoisotopic (exact) mass is 186 g/mol. The second-order valence-corrected chi connectivity index (χ2v) is 3.44. The van der Waals surface area contributed by atoms with E-state index in [1.54, 1.807) is 6.08 Å². The average molecular weight is 186 g/mol. The van der Waals surface area contributed by atoms with Gasteiger partial charge in [0.15, 0.2) is 0 Å². The molecule has 0 heterocycles. The van der Waals surface area contributed by atoms with Crippen molar-refractivity contribution >= 4 is 0 Å². The Labute approximate surface area is 81.3 Å². The van der Waals surface area contributed by atoms with Gasteiger partial charge in [0.1, 0.15) is 0 Å². The third-order valence-electron chi connectivity index (χ3n) is 2.36. The topological polar surface area (TPSA) is 40.5 Å². The fourth-order valence-corrected chi connectivity index (χ4v) is 1.57. The van der Waals surface area contributed by atoms with Gasteiger partial charge in [-0.2, -0.15) is 0 Å². The summed E-state index contributed by atoms with van der Waals surface area (Å²) in [6, 6.07) is 0. The molecular weight excluding hydrogens is 164 g/mol. The van der Waals surface area contributed by atoms with Crippen molar-refractivity contribution in [3.8, 4) is 0 Å². The first-order valence-electron chi connectivity index (χ1n) is 5.16. The van der Waals surface area contributed by atoms with Crippen molar-refractivity contribution in [3.05, 3.63) is 12.2 Å². The Balaban J connectivity index is 4.21. The highest BCUT2D eigenvalue weighted by atomic mass is 16.3. The van der Waals surface area contributed by atoms with E-state index in [1.165, 1.54) is 0 Å². The molecule has 0 saturated carbocycles. The summed E-state index contributed by atoms with van der Waals surface area (Å²) in [5.74, 6) is -0.00815. The van der Waals surface area contributed by atoms with E-state index in [1.807, 2.05) is 19.9 Å². The summed E-state index contributed by atoms with van der Waals surface area (Å²) >= 11 is 0. The van der Waals surface area contributed by atoms with Crippen LogP contribution in [0.1, 0.15) is 40.0 Å². The van der Waals surface area contributed by atoms with E-state index >= 15 is 0 Å². The lowest BCUT2D eigenvalue weighted by Gasteiger charge is -2.24. The zero-order chi connectivity index (χ0) is 10.3. The van der Waals surface area contributed by atoms with Crippen molar-refractivity contribution in [1.29, 1.82) is 0 Å². The summed E-state index contributed by atoms with van der Waals surface area (Å²) in [4.78, 5) is 0. The Morgan fingerprint density at radius 3 is 2.23 bits per heavy atom. The molecule has 2 nitrogen and oxygen atoms in total. The fourth-order valence-electron chi connectivity index (χ4n) is 1.57. The Bertz CT molecular complexity index is 143. The number of aliphatic hydroxyl groups excluding tert-OH is 2.